The lowest BCUT2D eigenvalue weighted by molar-refractivity contribution is 0.628. The Morgan fingerprint density at radius 3 is 3.17 bits per heavy atom. The number of aromatic amines is 1. The van der Waals surface area contributed by atoms with Crippen molar-refractivity contribution in [3.8, 4) is 6.07 Å². The Labute approximate surface area is 68.5 Å². The number of rotatable bonds is 0. The van der Waals surface area contributed by atoms with Crippen LogP contribution in [0.3, 0.4) is 0 Å². The number of H-pyrrole nitrogens is 1. The summed E-state index contributed by atoms with van der Waals surface area (Å²) in [5.74, 6) is 0.317. The molecule has 0 fully saturated rings. The van der Waals surface area contributed by atoms with Gasteiger partial charge < -0.3 is 10.3 Å². The molecule has 0 aromatic carbocycles. The summed E-state index contributed by atoms with van der Waals surface area (Å²) in [5, 5.41) is 11.5. The van der Waals surface area contributed by atoms with Gasteiger partial charge in [-0.25, -0.2) is 4.39 Å². The van der Waals surface area contributed by atoms with Crippen LogP contribution in [0.4, 0.5) is 10.2 Å². The molecule has 0 atom stereocenters. The summed E-state index contributed by atoms with van der Waals surface area (Å²) >= 11 is 0. The molecule has 0 amide bonds. The Morgan fingerprint density at radius 1 is 1.58 bits per heavy atom. The van der Waals surface area contributed by atoms with Crippen molar-refractivity contribution in [2.45, 2.75) is 0 Å². The summed E-state index contributed by atoms with van der Waals surface area (Å²) in [6, 6.07) is 3.52. The minimum Gasteiger partial charge on any atom is -0.365 e. The molecule has 2 N–H and O–H groups in total. The van der Waals surface area contributed by atoms with Gasteiger partial charge in [0.15, 0.2) is 0 Å². The van der Waals surface area contributed by atoms with Crippen LogP contribution >= 0.6 is 0 Å². The largest absolute Gasteiger partial charge is 0.365 e. The standard InChI is InChI=1S/C8H6FN3/c9-7-4-12-8-5(1-2-11-8)6(7)3-10/h1-2,11-12H,4H2. The molecule has 2 heterocycles. The van der Waals surface area contributed by atoms with Crippen molar-refractivity contribution >= 4 is 11.4 Å². The molecular formula is C8H6FN3. The predicted molar refractivity (Wildman–Crippen MR) is 42.9 cm³/mol. The van der Waals surface area contributed by atoms with Gasteiger partial charge in [-0.05, 0) is 6.07 Å². The van der Waals surface area contributed by atoms with Crippen LogP contribution in [-0.2, 0) is 0 Å². The fourth-order valence-electron chi connectivity index (χ4n) is 1.25. The number of allylic oxidation sites excluding steroid dienone is 1. The maximum absolute atomic E-state index is 13.0. The van der Waals surface area contributed by atoms with Gasteiger partial charge in [-0.1, -0.05) is 0 Å². The number of nitrogens with one attached hydrogen (secondary N) is 2. The molecule has 0 spiro atoms. The zero-order valence-electron chi connectivity index (χ0n) is 6.19. The van der Waals surface area contributed by atoms with E-state index in [0.717, 1.165) is 0 Å². The Bertz CT molecular complexity index is 383. The Hall–Kier alpha value is -1.76. The van der Waals surface area contributed by atoms with Crippen molar-refractivity contribution in [3.05, 3.63) is 23.7 Å². The summed E-state index contributed by atoms with van der Waals surface area (Å²) in [7, 11) is 0. The Morgan fingerprint density at radius 2 is 2.42 bits per heavy atom. The Kier molecular flexibility index (Phi) is 1.37. The van der Waals surface area contributed by atoms with Crippen LogP contribution in [0, 0.1) is 11.3 Å². The predicted octanol–water partition coefficient (Wildman–Crippen LogP) is 1.64. The lowest BCUT2D eigenvalue weighted by Gasteiger charge is -2.12. The SMILES string of the molecule is N#CC1=C(F)CNc2[nH]ccc21. The highest BCUT2D eigenvalue weighted by Crippen LogP contribution is 2.29. The summed E-state index contributed by atoms with van der Waals surface area (Å²) in [4.78, 5) is 2.88. The van der Waals surface area contributed by atoms with E-state index in [1.165, 1.54) is 0 Å². The summed E-state index contributed by atoms with van der Waals surface area (Å²) in [6.45, 7) is 0.0937. The number of hydrogen-bond donors (Lipinski definition) is 2. The summed E-state index contributed by atoms with van der Waals surface area (Å²) < 4.78 is 13.0. The van der Waals surface area contributed by atoms with Gasteiger partial charge in [0.2, 0.25) is 0 Å². The minimum absolute atomic E-state index is 0.0937. The fourth-order valence-corrected chi connectivity index (χ4v) is 1.25. The lowest BCUT2D eigenvalue weighted by atomic mass is 10.1. The van der Waals surface area contributed by atoms with Gasteiger partial charge in [0.05, 0.1) is 12.1 Å². The van der Waals surface area contributed by atoms with Crippen molar-refractivity contribution < 1.29 is 4.39 Å². The number of hydrogen-bond acceptors (Lipinski definition) is 2. The highest BCUT2D eigenvalue weighted by molar-refractivity contribution is 5.86. The van der Waals surface area contributed by atoms with Gasteiger partial charge >= 0.3 is 0 Å². The molecule has 0 saturated carbocycles. The van der Waals surface area contributed by atoms with E-state index in [0.29, 0.717) is 11.4 Å². The van der Waals surface area contributed by atoms with Crippen molar-refractivity contribution in [1.82, 2.24) is 4.98 Å². The smallest absolute Gasteiger partial charge is 0.137 e. The van der Waals surface area contributed by atoms with E-state index in [9.17, 15) is 4.39 Å². The number of aromatic nitrogens is 1. The monoisotopic (exact) mass is 163 g/mol. The van der Waals surface area contributed by atoms with Crippen molar-refractivity contribution in [2.24, 2.45) is 0 Å². The second kappa shape index (κ2) is 2.38. The molecule has 1 aliphatic rings. The fraction of sp³-hybridized carbons (Fsp3) is 0.125. The zero-order valence-corrected chi connectivity index (χ0v) is 6.19. The second-order valence-corrected chi connectivity index (χ2v) is 2.51. The van der Waals surface area contributed by atoms with Crippen LogP contribution in [0.5, 0.6) is 0 Å². The molecule has 0 saturated heterocycles. The highest BCUT2D eigenvalue weighted by Gasteiger charge is 2.18. The molecule has 60 valence electrons. The molecule has 3 nitrogen and oxygen atoms in total. The van der Waals surface area contributed by atoms with Crippen LogP contribution in [0.2, 0.25) is 0 Å². The average Bonchev–Trinajstić information content (AvgIpc) is 2.52. The van der Waals surface area contributed by atoms with E-state index < -0.39 is 5.83 Å². The summed E-state index contributed by atoms with van der Waals surface area (Å²) in [5.41, 5.74) is 0.742. The van der Waals surface area contributed by atoms with Crippen LogP contribution in [-0.4, -0.2) is 11.5 Å². The topological polar surface area (TPSA) is 51.6 Å². The minimum atomic E-state index is -0.399. The van der Waals surface area contributed by atoms with Crippen LogP contribution in [0.15, 0.2) is 18.1 Å². The highest BCUT2D eigenvalue weighted by atomic mass is 19.1. The molecule has 0 aliphatic carbocycles. The molecule has 1 aromatic rings. The first kappa shape index (κ1) is 6.92. The molecule has 1 aromatic heterocycles. The van der Waals surface area contributed by atoms with Crippen molar-refractivity contribution in [3.63, 3.8) is 0 Å². The van der Waals surface area contributed by atoms with Crippen LogP contribution < -0.4 is 5.32 Å². The number of nitrogens with zero attached hydrogens (tertiary/aromatic N) is 1. The molecule has 4 heteroatoms. The van der Waals surface area contributed by atoms with Gasteiger partial charge in [-0.3, -0.25) is 0 Å². The van der Waals surface area contributed by atoms with Crippen LogP contribution in [0.25, 0.3) is 5.57 Å². The molecule has 0 radical (unpaired) electrons. The average molecular weight is 163 g/mol. The number of halogens is 1. The lowest BCUT2D eigenvalue weighted by Crippen LogP contribution is -2.10. The van der Waals surface area contributed by atoms with Gasteiger partial charge in [0.1, 0.15) is 17.7 Å². The van der Waals surface area contributed by atoms with E-state index in [2.05, 4.69) is 10.3 Å². The molecule has 0 bridgehead atoms. The van der Waals surface area contributed by atoms with E-state index in [4.69, 9.17) is 5.26 Å². The number of anilines is 1. The molecule has 0 unspecified atom stereocenters. The van der Waals surface area contributed by atoms with Gasteiger partial charge in [-0.15, -0.1) is 0 Å². The zero-order chi connectivity index (χ0) is 8.55. The quantitative estimate of drug-likeness (QED) is 0.610. The second-order valence-electron chi connectivity index (χ2n) is 2.51. The van der Waals surface area contributed by atoms with Gasteiger partial charge in [0.25, 0.3) is 0 Å². The molecule has 1 aliphatic heterocycles. The van der Waals surface area contributed by atoms with Gasteiger partial charge in [-0.2, -0.15) is 5.26 Å². The van der Waals surface area contributed by atoms with Crippen molar-refractivity contribution in [1.29, 1.82) is 5.26 Å². The Balaban J connectivity index is 2.61. The third-order valence-corrected chi connectivity index (χ3v) is 1.82. The first-order chi connectivity index (χ1) is 5.83. The first-order valence-electron chi connectivity index (χ1n) is 3.53. The normalized spacial score (nSPS) is 15.0. The first-order valence-corrected chi connectivity index (χ1v) is 3.53. The maximum atomic E-state index is 13.0. The third-order valence-electron chi connectivity index (χ3n) is 1.82. The third kappa shape index (κ3) is 0.800. The van der Waals surface area contributed by atoms with Gasteiger partial charge in [0, 0.05) is 11.8 Å². The summed E-state index contributed by atoms with van der Waals surface area (Å²) in [6.07, 6.45) is 1.67. The number of nitriles is 1. The van der Waals surface area contributed by atoms with E-state index >= 15 is 0 Å². The van der Waals surface area contributed by atoms with Crippen LogP contribution in [0.1, 0.15) is 5.56 Å². The van der Waals surface area contributed by atoms with E-state index in [1.807, 2.05) is 6.07 Å². The van der Waals surface area contributed by atoms with Crippen molar-refractivity contribution in [2.75, 3.05) is 11.9 Å². The molecule has 2 rings (SSSR count). The molecule has 12 heavy (non-hydrogen) atoms. The van der Waals surface area contributed by atoms with E-state index in [1.54, 1.807) is 12.3 Å². The maximum Gasteiger partial charge on any atom is 0.137 e. The number of fused-ring (bicyclic) bond motifs is 1. The van der Waals surface area contributed by atoms with E-state index in [-0.39, 0.29) is 12.1 Å². The molecular weight excluding hydrogens is 157 g/mol.